The van der Waals surface area contributed by atoms with Gasteiger partial charge in [-0.2, -0.15) is 0 Å². The van der Waals surface area contributed by atoms with Crippen molar-refractivity contribution < 1.29 is 9.53 Å². The SMILES string of the molecule is COC(=O)C1CC(C#C[Si](C)(C)C)C1. The summed E-state index contributed by atoms with van der Waals surface area (Å²) in [4.78, 5) is 11.1. The maximum atomic E-state index is 11.1. The number of hydrogen-bond acceptors (Lipinski definition) is 2. The summed E-state index contributed by atoms with van der Waals surface area (Å²) in [5, 5.41) is 0. The van der Waals surface area contributed by atoms with Gasteiger partial charge in [-0.15, -0.1) is 11.5 Å². The lowest BCUT2D eigenvalue weighted by Gasteiger charge is -2.29. The van der Waals surface area contributed by atoms with Gasteiger partial charge in [0.1, 0.15) is 8.07 Å². The van der Waals surface area contributed by atoms with Crippen LogP contribution < -0.4 is 0 Å². The molecule has 14 heavy (non-hydrogen) atoms. The third kappa shape index (κ3) is 3.19. The molecule has 0 bridgehead atoms. The second kappa shape index (κ2) is 4.18. The Morgan fingerprint density at radius 2 is 1.93 bits per heavy atom. The zero-order valence-electron chi connectivity index (χ0n) is 9.39. The minimum Gasteiger partial charge on any atom is -0.469 e. The van der Waals surface area contributed by atoms with Crippen molar-refractivity contribution in [3.8, 4) is 11.5 Å². The standard InChI is InChI=1S/C11H18O2Si/c1-13-11(12)10-7-9(8-10)5-6-14(2,3)4/h9-10H,7-8H2,1-4H3. The number of carbonyl (C=O) groups excluding carboxylic acids is 1. The van der Waals surface area contributed by atoms with Crippen molar-refractivity contribution in [2.45, 2.75) is 32.5 Å². The Morgan fingerprint density at radius 1 is 1.36 bits per heavy atom. The monoisotopic (exact) mass is 210 g/mol. The van der Waals surface area contributed by atoms with Crippen molar-refractivity contribution in [2.75, 3.05) is 7.11 Å². The minimum atomic E-state index is -1.24. The van der Waals surface area contributed by atoms with Gasteiger partial charge in [0.15, 0.2) is 0 Å². The molecule has 1 rings (SSSR count). The summed E-state index contributed by atoms with van der Waals surface area (Å²) in [5.74, 6) is 3.75. The predicted octanol–water partition coefficient (Wildman–Crippen LogP) is 2.07. The minimum absolute atomic E-state index is 0.0731. The molecule has 0 aromatic rings. The van der Waals surface area contributed by atoms with E-state index in [4.69, 9.17) is 0 Å². The van der Waals surface area contributed by atoms with Crippen molar-refractivity contribution in [1.29, 1.82) is 0 Å². The molecule has 0 N–H and O–H groups in total. The van der Waals surface area contributed by atoms with E-state index in [-0.39, 0.29) is 11.9 Å². The fourth-order valence-electron chi connectivity index (χ4n) is 1.41. The largest absolute Gasteiger partial charge is 0.469 e. The highest BCUT2D eigenvalue weighted by Crippen LogP contribution is 2.33. The molecule has 78 valence electrons. The molecular weight excluding hydrogens is 192 g/mol. The lowest BCUT2D eigenvalue weighted by atomic mass is 9.75. The van der Waals surface area contributed by atoms with Crippen LogP contribution in [0.2, 0.25) is 19.6 Å². The van der Waals surface area contributed by atoms with Crippen molar-refractivity contribution in [1.82, 2.24) is 0 Å². The molecule has 3 heteroatoms. The van der Waals surface area contributed by atoms with Crippen molar-refractivity contribution in [3.05, 3.63) is 0 Å². The van der Waals surface area contributed by atoms with Crippen molar-refractivity contribution in [3.63, 3.8) is 0 Å². The zero-order valence-corrected chi connectivity index (χ0v) is 10.4. The van der Waals surface area contributed by atoms with Crippen LogP contribution in [0.25, 0.3) is 0 Å². The fourth-order valence-corrected chi connectivity index (χ4v) is 2.05. The van der Waals surface area contributed by atoms with E-state index in [1.807, 2.05) is 0 Å². The van der Waals surface area contributed by atoms with Gasteiger partial charge in [0.05, 0.1) is 13.0 Å². The van der Waals surface area contributed by atoms with Gasteiger partial charge >= 0.3 is 5.97 Å². The first-order valence-electron chi connectivity index (χ1n) is 5.03. The van der Waals surface area contributed by atoms with Gasteiger partial charge in [-0.05, 0) is 12.8 Å². The maximum Gasteiger partial charge on any atom is 0.308 e. The van der Waals surface area contributed by atoms with Crippen LogP contribution in [0.15, 0.2) is 0 Å². The van der Waals surface area contributed by atoms with Crippen LogP contribution in [0.1, 0.15) is 12.8 Å². The molecule has 1 saturated carbocycles. The third-order valence-corrected chi connectivity index (χ3v) is 3.22. The maximum absolute atomic E-state index is 11.1. The van der Waals surface area contributed by atoms with E-state index >= 15 is 0 Å². The molecular formula is C11H18O2Si. The Hall–Kier alpha value is -0.753. The smallest absolute Gasteiger partial charge is 0.308 e. The molecule has 0 spiro atoms. The first-order chi connectivity index (χ1) is 6.42. The van der Waals surface area contributed by atoms with Crippen LogP contribution >= 0.6 is 0 Å². The van der Waals surface area contributed by atoms with Crippen LogP contribution in [0.4, 0.5) is 0 Å². The zero-order chi connectivity index (χ0) is 10.8. The number of rotatable bonds is 1. The number of ether oxygens (including phenoxy) is 1. The molecule has 0 atom stereocenters. The molecule has 1 aliphatic carbocycles. The van der Waals surface area contributed by atoms with E-state index in [9.17, 15) is 4.79 Å². The Labute approximate surface area is 87.0 Å². The second-order valence-electron chi connectivity index (χ2n) is 4.91. The lowest BCUT2D eigenvalue weighted by Crippen LogP contribution is -2.31. The molecule has 0 amide bonds. The van der Waals surface area contributed by atoms with Crippen molar-refractivity contribution >= 4 is 14.0 Å². The highest BCUT2D eigenvalue weighted by molar-refractivity contribution is 6.83. The van der Waals surface area contributed by atoms with Crippen LogP contribution in [0.5, 0.6) is 0 Å². The summed E-state index contributed by atoms with van der Waals surface area (Å²) < 4.78 is 4.67. The molecule has 0 aliphatic heterocycles. The average Bonchev–Trinajstić information content (AvgIpc) is 1.98. The highest BCUT2D eigenvalue weighted by Gasteiger charge is 2.34. The molecule has 0 unspecified atom stereocenters. The summed E-state index contributed by atoms with van der Waals surface area (Å²) >= 11 is 0. The van der Waals surface area contributed by atoms with Crippen molar-refractivity contribution in [2.24, 2.45) is 11.8 Å². The summed E-state index contributed by atoms with van der Waals surface area (Å²) in [6.45, 7) is 6.70. The first kappa shape index (κ1) is 11.3. The Kier molecular flexibility index (Phi) is 3.38. The fraction of sp³-hybridized carbons (Fsp3) is 0.727. The number of methoxy groups -OCH3 is 1. The summed E-state index contributed by atoms with van der Waals surface area (Å²) in [5.41, 5.74) is 3.34. The Bertz CT molecular complexity index is 274. The van der Waals surface area contributed by atoms with E-state index in [1.165, 1.54) is 7.11 Å². The normalized spacial score (nSPS) is 25.7. The van der Waals surface area contributed by atoms with E-state index in [2.05, 4.69) is 35.8 Å². The number of esters is 1. The molecule has 1 aliphatic rings. The van der Waals surface area contributed by atoms with Crippen LogP contribution in [-0.4, -0.2) is 21.2 Å². The molecule has 0 radical (unpaired) electrons. The van der Waals surface area contributed by atoms with E-state index in [0.717, 1.165) is 12.8 Å². The number of hydrogen-bond donors (Lipinski definition) is 0. The van der Waals surface area contributed by atoms with E-state index in [1.54, 1.807) is 0 Å². The van der Waals surface area contributed by atoms with Crippen LogP contribution in [0, 0.1) is 23.3 Å². The van der Waals surface area contributed by atoms with Gasteiger partial charge in [-0.3, -0.25) is 4.79 Å². The van der Waals surface area contributed by atoms with Gasteiger partial charge < -0.3 is 4.74 Å². The lowest BCUT2D eigenvalue weighted by molar-refractivity contribution is -0.149. The third-order valence-electron chi connectivity index (χ3n) is 2.32. The van der Waals surface area contributed by atoms with Crippen LogP contribution in [-0.2, 0) is 9.53 Å². The highest BCUT2D eigenvalue weighted by atomic mass is 28.3. The molecule has 1 fully saturated rings. The number of carbonyl (C=O) groups is 1. The summed E-state index contributed by atoms with van der Waals surface area (Å²) in [7, 11) is 0.211. The topological polar surface area (TPSA) is 26.3 Å². The Balaban J connectivity index is 2.34. The molecule has 0 saturated heterocycles. The van der Waals surface area contributed by atoms with Gasteiger partial charge in [0.2, 0.25) is 0 Å². The van der Waals surface area contributed by atoms with Gasteiger partial charge in [0.25, 0.3) is 0 Å². The average molecular weight is 210 g/mol. The van der Waals surface area contributed by atoms with Gasteiger partial charge in [-0.1, -0.05) is 19.6 Å². The molecule has 0 heterocycles. The first-order valence-corrected chi connectivity index (χ1v) is 8.53. The predicted molar refractivity (Wildman–Crippen MR) is 59.4 cm³/mol. The second-order valence-corrected chi connectivity index (χ2v) is 9.66. The molecule has 0 aromatic heterocycles. The van der Waals surface area contributed by atoms with E-state index < -0.39 is 8.07 Å². The molecule has 2 nitrogen and oxygen atoms in total. The quantitative estimate of drug-likeness (QED) is 0.376. The Morgan fingerprint density at radius 3 is 2.36 bits per heavy atom. The van der Waals surface area contributed by atoms with E-state index in [0.29, 0.717) is 5.92 Å². The van der Waals surface area contributed by atoms with Gasteiger partial charge in [0, 0.05) is 5.92 Å². The molecule has 0 aromatic carbocycles. The summed E-state index contributed by atoms with van der Waals surface area (Å²) in [6, 6.07) is 0. The van der Waals surface area contributed by atoms with Crippen LogP contribution in [0.3, 0.4) is 0 Å². The summed E-state index contributed by atoms with van der Waals surface area (Å²) in [6.07, 6.45) is 1.79. The van der Waals surface area contributed by atoms with Gasteiger partial charge in [-0.25, -0.2) is 0 Å².